The molecule has 46 heavy (non-hydrogen) atoms. The first kappa shape index (κ1) is 40.8. The van der Waals surface area contributed by atoms with E-state index in [1.807, 2.05) is 6.92 Å². The van der Waals surface area contributed by atoms with Gasteiger partial charge >= 0.3 is 0 Å². The summed E-state index contributed by atoms with van der Waals surface area (Å²) in [6, 6.07) is 5.78. The predicted molar refractivity (Wildman–Crippen MR) is 187 cm³/mol. The fraction of sp³-hybridized carbons (Fsp3) is 0.757. The van der Waals surface area contributed by atoms with E-state index in [4.69, 9.17) is 14.2 Å². The van der Waals surface area contributed by atoms with Crippen LogP contribution in [0.15, 0.2) is 46.2 Å². The summed E-state index contributed by atoms with van der Waals surface area (Å²) in [4.78, 5) is -0.178. The largest absolute Gasteiger partial charge is 0.744 e. The lowest BCUT2D eigenvalue weighted by atomic mass is 10.0. The normalized spacial score (nSPS) is 16.4. The van der Waals surface area contributed by atoms with Crippen molar-refractivity contribution in [1.29, 1.82) is 0 Å². The van der Waals surface area contributed by atoms with E-state index in [0.717, 1.165) is 31.6 Å². The topological polar surface area (TPSA) is 88.8 Å². The van der Waals surface area contributed by atoms with Gasteiger partial charge in [-0.05, 0) is 44.7 Å². The van der Waals surface area contributed by atoms with Crippen molar-refractivity contribution in [2.24, 2.45) is 0 Å². The number of ether oxygens (including phenoxy) is 3. The highest BCUT2D eigenvalue weighted by Gasteiger charge is 2.25. The first-order valence-electron chi connectivity index (χ1n) is 18.2. The second-order valence-corrected chi connectivity index (χ2v) is 14.9. The Morgan fingerprint density at radius 2 is 1.39 bits per heavy atom. The summed E-state index contributed by atoms with van der Waals surface area (Å²) in [7, 11) is -4.27. The summed E-state index contributed by atoms with van der Waals surface area (Å²) >= 11 is 1.77. The van der Waals surface area contributed by atoms with E-state index in [1.165, 1.54) is 128 Å². The molecule has 2 aromatic rings. The van der Waals surface area contributed by atoms with Gasteiger partial charge in [0.2, 0.25) is 5.51 Å². The minimum Gasteiger partial charge on any atom is -0.744 e. The molecule has 0 amide bonds. The zero-order valence-corrected chi connectivity index (χ0v) is 30.5. The third kappa shape index (κ3) is 21.5. The van der Waals surface area contributed by atoms with E-state index in [1.54, 1.807) is 23.5 Å². The van der Waals surface area contributed by atoms with Gasteiger partial charge in [-0.15, -0.1) is 0 Å². The molecule has 1 aromatic heterocycles. The second-order valence-electron chi connectivity index (χ2n) is 12.8. The maximum atomic E-state index is 10.4. The zero-order valence-electron chi connectivity index (χ0n) is 28.9. The summed E-state index contributed by atoms with van der Waals surface area (Å²) < 4.78 is 51.2. The Balaban J connectivity index is 0.000000562. The number of nitrogens with zero attached hydrogens (tertiary/aromatic N) is 1. The second kappa shape index (κ2) is 26.6. The van der Waals surface area contributed by atoms with Gasteiger partial charge in [-0.25, -0.2) is 8.42 Å². The lowest BCUT2D eigenvalue weighted by Crippen LogP contribution is -2.29. The van der Waals surface area contributed by atoms with Crippen molar-refractivity contribution in [3.63, 3.8) is 0 Å². The third-order valence-electron chi connectivity index (χ3n) is 8.45. The first-order valence-corrected chi connectivity index (χ1v) is 20.5. The molecule has 3 rings (SSSR count). The fourth-order valence-corrected chi connectivity index (χ4v) is 6.69. The summed E-state index contributed by atoms with van der Waals surface area (Å²) in [5.74, 6) is 0. The van der Waals surface area contributed by atoms with Crippen molar-refractivity contribution >= 4 is 21.5 Å². The molecule has 0 aliphatic carbocycles. The number of benzene rings is 1. The minimum absolute atomic E-state index is 0.00329. The van der Waals surface area contributed by atoms with E-state index in [0.29, 0.717) is 13.2 Å². The van der Waals surface area contributed by atoms with Gasteiger partial charge in [0, 0.05) is 13.0 Å². The predicted octanol–water partition coefficient (Wildman–Crippen LogP) is 9.51. The quantitative estimate of drug-likeness (QED) is 0.0558. The Bertz CT molecular complexity index is 1060. The molecule has 2 unspecified atom stereocenters. The first-order chi connectivity index (χ1) is 22.4. The Hall–Kier alpha value is -1.36. The number of thiazole rings is 1. The smallest absolute Gasteiger partial charge is 0.224 e. The van der Waals surface area contributed by atoms with Crippen LogP contribution in [0.25, 0.3) is 0 Å². The molecule has 1 aliphatic heterocycles. The van der Waals surface area contributed by atoms with E-state index >= 15 is 0 Å². The molecule has 0 N–H and O–H groups in total. The molecule has 1 saturated heterocycles. The minimum atomic E-state index is -4.27. The zero-order chi connectivity index (χ0) is 33.1. The van der Waals surface area contributed by atoms with Gasteiger partial charge in [-0.2, -0.15) is 4.57 Å². The third-order valence-corrected chi connectivity index (χ3v) is 9.97. The number of rotatable bonds is 26. The SMILES string of the molecule is CCCCCCCCCCCCCCCC1OCC(COCCCCCCCC[n+]2ccsc2)O1.Cc1ccc(S(=O)(=O)[O-])cc1. The van der Waals surface area contributed by atoms with Crippen LogP contribution in [0.5, 0.6) is 0 Å². The van der Waals surface area contributed by atoms with Crippen LogP contribution >= 0.6 is 11.3 Å². The summed E-state index contributed by atoms with van der Waals surface area (Å²) in [5.41, 5.74) is 3.12. The number of hydrogen-bond acceptors (Lipinski definition) is 7. The van der Waals surface area contributed by atoms with Gasteiger partial charge in [0.15, 0.2) is 12.5 Å². The summed E-state index contributed by atoms with van der Waals surface area (Å²) in [6.45, 7) is 7.52. The highest BCUT2D eigenvalue weighted by molar-refractivity contribution is 7.85. The number of unbranched alkanes of at least 4 members (excludes halogenated alkanes) is 17. The van der Waals surface area contributed by atoms with Crippen LogP contribution in [-0.2, 0) is 30.9 Å². The highest BCUT2D eigenvalue weighted by Crippen LogP contribution is 2.19. The molecular weight excluding hydrogens is 619 g/mol. The molecule has 1 aliphatic rings. The van der Waals surface area contributed by atoms with Crippen LogP contribution in [0.4, 0.5) is 0 Å². The van der Waals surface area contributed by atoms with E-state index in [2.05, 4.69) is 28.6 Å². The molecule has 264 valence electrons. The molecule has 9 heteroatoms. The lowest BCUT2D eigenvalue weighted by molar-refractivity contribution is -0.692. The summed E-state index contributed by atoms with van der Waals surface area (Å²) in [5, 5.41) is 2.14. The molecule has 0 saturated carbocycles. The van der Waals surface area contributed by atoms with Gasteiger partial charge in [-0.1, -0.05) is 132 Å². The molecule has 2 heterocycles. The Morgan fingerprint density at radius 1 is 0.826 bits per heavy atom. The molecule has 2 atom stereocenters. The molecule has 1 aromatic carbocycles. The molecule has 7 nitrogen and oxygen atoms in total. The van der Waals surface area contributed by atoms with Crippen LogP contribution in [0.1, 0.15) is 141 Å². The van der Waals surface area contributed by atoms with Crippen molar-refractivity contribution in [2.75, 3.05) is 19.8 Å². The standard InChI is InChI=1S/C30H56NO3S.C7H8O3S/c1-2-3-4-5-6-7-8-9-10-11-12-15-18-21-30-33-27-29(34-30)26-32-24-20-17-14-13-16-19-22-31-23-25-35-28-31;1-6-2-4-7(5-3-6)11(8,9)10/h23,25,28-30H,2-22,24,26-27H2,1H3;2-5H,1H3,(H,8,9,10)/q+1;/p-1. The molecule has 0 spiro atoms. The van der Waals surface area contributed by atoms with E-state index < -0.39 is 10.1 Å². The number of aromatic nitrogens is 1. The van der Waals surface area contributed by atoms with Crippen LogP contribution in [0, 0.1) is 6.92 Å². The lowest BCUT2D eigenvalue weighted by Gasteiger charge is -2.12. The average Bonchev–Trinajstić information content (AvgIpc) is 3.73. The van der Waals surface area contributed by atoms with Gasteiger partial charge < -0.3 is 18.8 Å². The van der Waals surface area contributed by atoms with Gasteiger partial charge in [0.25, 0.3) is 0 Å². The van der Waals surface area contributed by atoms with Crippen LogP contribution in [0.3, 0.4) is 0 Å². The average molecular weight is 682 g/mol. The van der Waals surface area contributed by atoms with Crippen LogP contribution in [-0.4, -0.2) is 45.2 Å². The van der Waals surface area contributed by atoms with Crippen LogP contribution < -0.4 is 4.57 Å². The Kier molecular flexibility index (Phi) is 23.6. The van der Waals surface area contributed by atoms with E-state index in [9.17, 15) is 13.0 Å². The van der Waals surface area contributed by atoms with Crippen LogP contribution in [0.2, 0.25) is 0 Å². The molecule has 0 radical (unpaired) electrons. The van der Waals surface area contributed by atoms with Gasteiger partial charge in [0.1, 0.15) is 22.8 Å². The number of hydrogen-bond donors (Lipinski definition) is 0. The molecule has 1 fully saturated rings. The van der Waals surface area contributed by atoms with Crippen molar-refractivity contribution in [2.45, 2.75) is 166 Å². The molecular formula is C37H63NO6S2. The Morgan fingerprint density at radius 3 is 1.96 bits per heavy atom. The Labute approximate surface area is 285 Å². The van der Waals surface area contributed by atoms with Gasteiger partial charge in [-0.3, -0.25) is 0 Å². The van der Waals surface area contributed by atoms with Crippen molar-refractivity contribution in [3.8, 4) is 0 Å². The highest BCUT2D eigenvalue weighted by atomic mass is 32.2. The van der Waals surface area contributed by atoms with Gasteiger partial charge in [0.05, 0.1) is 23.5 Å². The fourth-order valence-electron chi connectivity index (χ4n) is 5.59. The van der Waals surface area contributed by atoms with Crippen molar-refractivity contribution in [1.82, 2.24) is 0 Å². The van der Waals surface area contributed by atoms with Crippen molar-refractivity contribution in [3.05, 3.63) is 46.9 Å². The molecule has 0 bridgehead atoms. The maximum Gasteiger partial charge on any atom is 0.224 e. The summed E-state index contributed by atoms with van der Waals surface area (Å²) in [6.07, 6.45) is 29.2. The van der Waals surface area contributed by atoms with E-state index in [-0.39, 0.29) is 17.3 Å². The maximum absolute atomic E-state index is 10.4. The van der Waals surface area contributed by atoms with Crippen molar-refractivity contribution < 1.29 is 31.7 Å². The monoisotopic (exact) mass is 681 g/mol. The number of aryl methyl sites for hydroxylation is 2.